The van der Waals surface area contributed by atoms with Gasteiger partial charge in [-0.25, -0.2) is 0 Å². The highest BCUT2D eigenvalue weighted by Gasteiger charge is 2.28. The SMILES string of the molecule is CCCC1CCc2c(sc(NC(=O)C=Cc3ccco3)c2C(N)=O)C1. The standard InChI is InChI=1S/C19H22N2O3S/c1-2-4-12-6-8-14-15(11-12)25-19(17(14)18(20)23)21-16(22)9-7-13-5-3-10-24-13/h3,5,7,9-10,12H,2,4,6,8,11H2,1H3,(H2,20,23)(H,21,22). The molecule has 2 aromatic heterocycles. The van der Waals surface area contributed by atoms with Crippen molar-refractivity contribution in [2.24, 2.45) is 11.7 Å². The molecular formula is C19H22N2O3S. The van der Waals surface area contributed by atoms with Crippen LogP contribution in [-0.4, -0.2) is 11.8 Å². The predicted molar refractivity (Wildman–Crippen MR) is 99.6 cm³/mol. The molecule has 1 aliphatic rings. The summed E-state index contributed by atoms with van der Waals surface area (Å²) in [5.41, 5.74) is 7.09. The number of anilines is 1. The summed E-state index contributed by atoms with van der Waals surface area (Å²) >= 11 is 1.48. The molecule has 2 amide bonds. The average molecular weight is 358 g/mol. The Bertz CT molecular complexity index is 790. The van der Waals surface area contributed by atoms with Crippen molar-refractivity contribution in [2.45, 2.75) is 39.0 Å². The van der Waals surface area contributed by atoms with Gasteiger partial charge in [-0.05, 0) is 49.0 Å². The van der Waals surface area contributed by atoms with Gasteiger partial charge in [0, 0.05) is 11.0 Å². The normalized spacial score (nSPS) is 16.8. The molecule has 0 aromatic carbocycles. The van der Waals surface area contributed by atoms with Crippen LogP contribution in [0.3, 0.4) is 0 Å². The molecule has 2 heterocycles. The van der Waals surface area contributed by atoms with E-state index < -0.39 is 5.91 Å². The van der Waals surface area contributed by atoms with Crippen LogP contribution < -0.4 is 11.1 Å². The van der Waals surface area contributed by atoms with E-state index in [1.807, 2.05) is 0 Å². The van der Waals surface area contributed by atoms with E-state index in [1.165, 1.54) is 28.7 Å². The van der Waals surface area contributed by atoms with Crippen molar-refractivity contribution in [3.63, 3.8) is 0 Å². The Balaban J connectivity index is 1.79. The summed E-state index contributed by atoms with van der Waals surface area (Å²) in [6.45, 7) is 2.19. The van der Waals surface area contributed by atoms with Crippen LogP contribution in [0.4, 0.5) is 5.00 Å². The van der Waals surface area contributed by atoms with E-state index in [2.05, 4.69) is 12.2 Å². The Hall–Kier alpha value is -2.34. The maximum atomic E-state index is 12.2. The molecule has 1 aliphatic carbocycles. The number of carbonyl (C=O) groups is 2. The first-order valence-electron chi connectivity index (χ1n) is 8.55. The van der Waals surface area contributed by atoms with Crippen LogP contribution in [0.1, 0.15) is 52.7 Å². The molecule has 2 aromatic rings. The van der Waals surface area contributed by atoms with Crippen LogP contribution in [0.2, 0.25) is 0 Å². The molecule has 132 valence electrons. The van der Waals surface area contributed by atoms with Gasteiger partial charge in [-0.3, -0.25) is 9.59 Å². The maximum Gasteiger partial charge on any atom is 0.251 e. The minimum atomic E-state index is -0.475. The third-order valence-electron chi connectivity index (χ3n) is 4.49. The number of nitrogens with one attached hydrogen (secondary N) is 1. The number of primary amides is 1. The lowest BCUT2D eigenvalue weighted by Crippen LogP contribution is -2.19. The number of rotatable bonds is 6. The molecule has 0 saturated heterocycles. The summed E-state index contributed by atoms with van der Waals surface area (Å²) in [6.07, 6.45) is 9.77. The zero-order valence-electron chi connectivity index (χ0n) is 14.2. The number of furan rings is 1. The predicted octanol–water partition coefficient (Wildman–Crippen LogP) is 4.00. The van der Waals surface area contributed by atoms with Crippen LogP contribution in [0.15, 0.2) is 28.9 Å². The molecule has 0 fully saturated rings. The van der Waals surface area contributed by atoms with Crippen molar-refractivity contribution in [3.05, 3.63) is 46.2 Å². The fraction of sp³-hybridized carbons (Fsp3) is 0.368. The molecule has 0 spiro atoms. The van der Waals surface area contributed by atoms with E-state index in [1.54, 1.807) is 24.5 Å². The molecule has 6 heteroatoms. The molecule has 25 heavy (non-hydrogen) atoms. The van der Waals surface area contributed by atoms with Gasteiger partial charge in [0.1, 0.15) is 10.8 Å². The van der Waals surface area contributed by atoms with Crippen LogP contribution in [0, 0.1) is 5.92 Å². The van der Waals surface area contributed by atoms with Crippen LogP contribution in [0.25, 0.3) is 6.08 Å². The summed E-state index contributed by atoms with van der Waals surface area (Å²) in [4.78, 5) is 25.3. The average Bonchev–Trinajstić information content (AvgIpc) is 3.19. The quantitative estimate of drug-likeness (QED) is 0.766. The number of fused-ring (bicyclic) bond motifs is 1. The van der Waals surface area contributed by atoms with Gasteiger partial charge in [-0.1, -0.05) is 19.8 Å². The van der Waals surface area contributed by atoms with E-state index >= 15 is 0 Å². The minimum absolute atomic E-state index is 0.303. The molecule has 0 aliphatic heterocycles. The fourth-order valence-corrected chi connectivity index (χ4v) is 4.73. The summed E-state index contributed by atoms with van der Waals surface area (Å²) in [7, 11) is 0. The first kappa shape index (κ1) is 17.5. The zero-order chi connectivity index (χ0) is 17.8. The van der Waals surface area contributed by atoms with Gasteiger partial charge < -0.3 is 15.5 Å². The lowest BCUT2D eigenvalue weighted by atomic mass is 9.84. The Labute approximate surface area is 150 Å². The van der Waals surface area contributed by atoms with E-state index in [9.17, 15) is 9.59 Å². The Kier molecular flexibility index (Phi) is 5.38. The van der Waals surface area contributed by atoms with Crippen molar-refractivity contribution in [3.8, 4) is 0 Å². The molecule has 0 bridgehead atoms. The summed E-state index contributed by atoms with van der Waals surface area (Å²) in [5.74, 6) is 0.469. The second-order valence-corrected chi connectivity index (χ2v) is 7.41. The van der Waals surface area contributed by atoms with Gasteiger partial charge in [-0.2, -0.15) is 0 Å². The van der Waals surface area contributed by atoms with Crippen molar-refractivity contribution in [1.82, 2.24) is 0 Å². The Morgan fingerprint density at radius 1 is 1.48 bits per heavy atom. The highest BCUT2D eigenvalue weighted by atomic mass is 32.1. The van der Waals surface area contributed by atoms with E-state index in [0.29, 0.717) is 22.2 Å². The van der Waals surface area contributed by atoms with Crippen molar-refractivity contribution in [1.29, 1.82) is 0 Å². The van der Waals surface area contributed by atoms with Gasteiger partial charge in [0.25, 0.3) is 5.91 Å². The lowest BCUT2D eigenvalue weighted by Gasteiger charge is -2.21. The third kappa shape index (κ3) is 4.02. The largest absolute Gasteiger partial charge is 0.465 e. The highest BCUT2D eigenvalue weighted by molar-refractivity contribution is 7.17. The lowest BCUT2D eigenvalue weighted by molar-refractivity contribution is -0.111. The molecule has 0 radical (unpaired) electrons. The topological polar surface area (TPSA) is 85.3 Å². The van der Waals surface area contributed by atoms with Crippen molar-refractivity contribution in [2.75, 3.05) is 5.32 Å². The van der Waals surface area contributed by atoms with Gasteiger partial charge in [0.05, 0.1) is 11.8 Å². The second kappa shape index (κ2) is 7.70. The number of carbonyl (C=O) groups excluding carboxylic acids is 2. The van der Waals surface area contributed by atoms with Gasteiger partial charge >= 0.3 is 0 Å². The molecule has 3 rings (SSSR count). The number of hydrogen-bond donors (Lipinski definition) is 2. The summed E-state index contributed by atoms with van der Waals surface area (Å²) in [5, 5.41) is 3.37. The number of thiophene rings is 1. The van der Waals surface area contributed by atoms with E-state index in [-0.39, 0.29) is 5.91 Å². The second-order valence-electron chi connectivity index (χ2n) is 6.31. The van der Waals surface area contributed by atoms with Crippen LogP contribution >= 0.6 is 11.3 Å². The van der Waals surface area contributed by atoms with E-state index in [0.717, 1.165) is 31.2 Å². The molecule has 0 saturated carbocycles. The maximum absolute atomic E-state index is 12.2. The van der Waals surface area contributed by atoms with Crippen LogP contribution in [0.5, 0.6) is 0 Å². The highest BCUT2D eigenvalue weighted by Crippen LogP contribution is 2.40. The van der Waals surface area contributed by atoms with Gasteiger partial charge in [-0.15, -0.1) is 11.3 Å². The Morgan fingerprint density at radius 2 is 2.32 bits per heavy atom. The van der Waals surface area contributed by atoms with Crippen molar-refractivity contribution >= 4 is 34.2 Å². The van der Waals surface area contributed by atoms with Crippen molar-refractivity contribution < 1.29 is 14.0 Å². The van der Waals surface area contributed by atoms with Gasteiger partial charge in [0.15, 0.2) is 0 Å². The van der Waals surface area contributed by atoms with Crippen LogP contribution in [-0.2, 0) is 17.6 Å². The molecule has 1 unspecified atom stereocenters. The fourth-order valence-electron chi connectivity index (χ4n) is 3.36. The molecule has 3 N–H and O–H groups in total. The molecule has 5 nitrogen and oxygen atoms in total. The molecular weight excluding hydrogens is 336 g/mol. The smallest absolute Gasteiger partial charge is 0.251 e. The van der Waals surface area contributed by atoms with E-state index in [4.69, 9.17) is 10.2 Å². The molecule has 1 atom stereocenters. The Morgan fingerprint density at radius 3 is 3.00 bits per heavy atom. The van der Waals surface area contributed by atoms with Gasteiger partial charge in [0.2, 0.25) is 5.91 Å². The minimum Gasteiger partial charge on any atom is -0.465 e. The first-order chi connectivity index (χ1) is 12.1. The number of hydrogen-bond acceptors (Lipinski definition) is 4. The summed E-state index contributed by atoms with van der Waals surface area (Å²) in [6, 6.07) is 3.51. The first-order valence-corrected chi connectivity index (χ1v) is 9.37. The third-order valence-corrected chi connectivity index (χ3v) is 5.66. The summed E-state index contributed by atoms with van der Waals surface area (Å²) < 4.78 is 5.16. The number of amides is 2. The zero-order valence-corrected chi connectivity index (χ0v) is 15.0. The number of nitrogens with two attached hydrogens (primary N) is 1. The monoisotopic (exact) mass is 358 g/mol.